The third-order valence-electron chi connectivity index (χ3n) is 4.27. The van der Waals surface area contributed by atoms with Crippen molar-refractivity contribution in [2.24, 2.45) is 0 Å². The lowest BCUT2D eigenvalue weighted by molar-refractivity contribution is 0.0712. The van der Waals surface area contributed by atoms with Crippen molar-refractivity contribution in [2.45, 2.75) is 38.8 Å². The molecule has 1 aliphatic heterocycles. The van der Waals surface area contributed by atoms with Gasteiger partial charge in [0.1, 0.15) is 0 Å². The number of hydrogen-bond acceptors (Lipinski definition) is 5. The molecular formula is C18H25N3OS. The predicted molar refractivity (Wildman–Crippen MR) is 95.7 cm³/mol. The highest BCUT2D eigenvalue weighted by atomic mass is 32.1. The zero-order valence-electron chi connectivity index (χ0n) is 13.7. The van der Waals surface area contributed by atoms with E-state index in [1.807, 2.05) is 6.20 Å². The summed E-state index contributed by atoms with van der Waals surface area (Å²) in [6.07, 6.45) is 5.68. The fourth-order valence-electron chi connectivity index (χ4n) is 2.97. The van der Waals surface area contributed by atoms with Crippen LogP contribution in [0.3, 0.4) is 0 Å². The molecule has 5 heteroatoms. The number of aromatic nitrogens is 1. The van der Waals surface area contributed by atoms with Crippen molar-refractivity contribution >= 4 is 16.5 Å². The predicted octanol–water partition coefficient (Wildman–Crippen LogP) is 3.26. The Balaban J connectivity index is 1.60. The maximum Gasteiger partial charge on any atom is 0.180 e. The molecule has 0 aliphatic carbocycles. The monoisotopic (exact) mass is 331 g/mol. The van der Waals surface area contributed by atoms with Crippen molar-refractivity contribution in [1.82, 2.24) is 9.88 Å². The third-order valence-corrected chi connectivity index (χ3v) is 5.09. The maximum absolute atomic E-state index is 5.82. The van der Waals surface area contributed by atoms with Crippen LogP contribution >= 0.6 is 11.3 Å². The second-order valence-electron chi connectivity index (χ2n) is 6.27. The van der Waals surface area contributed by atoms with Gasteiger partial charge >= 0.3 is 0 Å². The number of nitrogens with zero attached hydrogens (tertiary/aromatic N) is 2. The van der Waals surface area contributed by atoms with Crippen LogP contribution in [0.2, 0.25) is 0 Å². The Bertz CT molecular complexity index is 605. The summed E-state index contributed by atoms with van der Waals surface area (Å²) in [5.41, 5.74) is 8.46. The van der Waals surface area contributed by atoms with E-state index in [0.717, 1.165) is 32.7 Å². The summed E-state index contributed by atoms with van der Waals surface area (Å²) in [4.78, 5) is 7.87. The van der Waals surface area contributed by atoms with E-state index >= 15 is 0 Å². The molecule has 1 aromatic heterocycles. The minimum atomic E-state index is 0.373. The summed E-state index contributed by atoms with van der Waals surface area (Å²) in [7, 11) is 0. The molecule has 2 aromatic rings. The summed E-state index contributed by atoms with van der Waals surface area (Å²) in [5, 5.41) is 0.649. The molecule has 0 bridgehead atoms. The summed E-state index contributed by atoms with van der Waals surface area (Å²) in [6, 6.07) is 8.82. The van der Waals surface area contributed by atoms with E-state index in [2.05, 4.69) is 41.1 Å². The molecule has 124 valence electrons. The van der Waals surface area contributed by atoms with Gasteiger partial charge in [-0.05, 0) is 31.7 Å². The standard InChI is InChI=1S/C18H25N3OS/c1-14-4-6-15(7-5-14)8-9-21(12-16-3-2-10-22-16)13-17-11-20-18(19)23-17/h4-7,11,16H,2-3,8-10,12-13H2,1H3,(H2,19,20). The van der Waals surface area contributed by atoms with Crippen LogP contribution in [0.25, 0.3) is 0 Å². The number of anilines is 1. The van der Waals surface area contributed by atoms with Crippen LogP contribution in [0.4, 0.5) is 5.13 Å². The Morgan fingerprint density at radius 2 is 2.17 bits per heavy atom. The van der Waals surface area contributed by atoms with Crippen molar-refractivity contribution in [3.05, 3.63) is 46.5 Å². The lowest BCUT2D eigenvalue weighted by atomic mass is 10.1. The van der Waals surface area contributed by atoms with Gasteiger partial charge in [0, 0.05) is 37.3 Å². The van der Waals surface area contributed by atoms with Crippen LogP contribution in [-0.4, -0.2) is 35.7 Å². The van der Waals surface area contributed by atoms with Gasteiger partial charge in [-0.2, -0.15) is 0 Å². The van der Waals surface area contributed by atoms with E-state index in [1.54, 1.807) is 11.3 Å². The highest BCUT2D eigenvalue weighted by Crippen LogP contribution is 2.19. The number of nitrogen functional groups attached to an aromatic ring is 1. The van der Waals surface area contributed by atoms with Gasteiger partial charge in [0.05, 0.1) is 6.10 Å². The first-order valence-electron chi connectivity index (χ1n) is 8.29. The molecular weight excluding hydrogens is 306 g/mol. The minimum absolute atomic E-state index is 0.373. The topological polar surface area (TPSA) is 51.4 Å². The molecule has 0 amide bonds. The Hall–Kier alpha value is -1.43. The Labute approximate surface area is 142 Å². The fraction of sp³-hybridized carbons (Fsp3) is 0.500. The van der Waals surface area contributed by atoms with Crippen molar-refractivity contribution < 1.29 is 4.74 Å². The summed E-state index contributed by atoms with van der Waals surface area (Å²) >= 11 is 1.58. The van der Waals surface area contributed by atoms with Gasteiger partial charge in [0.15, 0.2) is 5.13 Å². The summed E-state index contributed by atoms with van der Waals surface area (Å²) in [6.45, 7) is 5.96. The maximum atomic E-state index is 5.82. The minimum Gasteiger partial charge on any atom is -0.377 e. The third kappa shape index (κ3) is 5.03. The van der Waals surface area contributed by atoms with Crippen LogP contribution in [0.15, 0.2) is 30.5 Å². The largest absolute Gasteiger partial charge is 0.377 e. The van der Waals surface area contributed by atoms with Crippen LogP contribution in [-0.2, 0) is 17.7 Å². The fourth-order valence-corrected chi connectivity index (χ4v) is 3.70. The van der Waals surface area contributed by atoms with Gasteiger partial charge in [0.2, 0.25) is 0 Å². The number of hydrogen-bond donors (Lipinski definition) is 1. The highest BCUT2D eigenvalue weighted by Gasteiger charge is 2.19. The number of benzene rings is 1. The lowest BCUT2D eigenvalue weighted by Gasteiger charge is -2.24. The van der Waals surface area contributed by atoms with Crippen molar-refractivity contribution in [3.63, 3.8) is 0 Å². The molecule has 1 unspecified atom stereocenters. The second-order valence-corrected chi connectivity index (χ2v) is 7.42. The normalized spacial score (nSPS) is 17.9. The van der Waals surface area contributed by atoms with Crippen molar-refractivity contribution in [3.8, 4) is 0 Å². The average Bonchev–Trinajstić information content (AvgIpc) is 3.18. The van der Waals surface area contributed by atoms with E-state index in [0.29, 0.717) is 11.2 Å². The van der Waals surface area contributed by atoms with Gasteiger partial charge in [-0.15, -0.1) is 11.3 Å². The SMILES string of the molecule is Cc1ccc(CCN(Cc2cnc(N)s2)CC2CCCO2)cc1. The number of ether oxygens (including phenoxy) is 1. The second kappa shape index (κ2) is 7.90. The summed E-state index contributed by atoms with van der Waals surface area (Å²) in [5.74, 6) is 0. The van der Waals surface area contributed by atoms with Gasteiger partial charge in [-0.1, -0.05) is 29.8 Å². The van der Waals surface area contributed by atoms with Crippen molar-refractivity contribution in [1.29, 1.82) is 0 Å². The smallest absolute Gasteiger partial charge is 0.180 e. The van der Waals surface area contributed by atoms with Crippen LogP contribution in [0.5, 0.6) is 0 Å². The quantitative estimate of drug-likeness (QED) is 0.846. The molecule has 1 fully saturated rings. The molecule has 0 radical (unpaired) electrons. The van der Waals surface area contributed by atoms with E-state index in [9.17, 15) is 0 Å². The first kappa shape index (κ1) is 16.4. The molecule has 1 aromatic carbocycles. The number of aryl methyl sites for hydroxylation is 1. The number of thiazole rings is 1. The number of nitrogens with two attached hydrogens (primary N) is 1. The Morgan fingerprint density at radius 1 is 1.35 bits per heavy atom. The van der Waals surface area contributed by atoms with Crippen molar-refractivity contribution in [2.75, 3.05) is 25.4 Å². The Kier molecular flexibility index (Phi) is 5.65. The van der Waals surface area contributed by atoms with E-state index in [4.69, 9.17) is 10.5 Å². The Morgan fingerprint density at radius 3 is 2.83 bits per heavy atom. The lowest BCUT2D eigenvalue weighted by Crippen LogP contribution is -2.33. The molecule has 1 atom stereocenters. The van der Waals surface area contributed by atoms with E-state index < -0.39 is 0 Å². The van der Waals surface area contributed by atoms with Crippen LogP contribution in [0, 0.1) is 6.92 Å². The molecule has 1 saturated heterocycles. The molecule has 4 nitrogen and oxygen atoms in total. The molecule has 0 saturated carbocycles. The highest BCUT2D eigenvalue weighted by molar-refractivity contribution is 7.15. The molecule has 3 rings (SSSR count). The molecule has 23 heavy (non-hydrogen) atoms. The summed E-state index contributed by atoms with van der Waals surface area (Å²) < 4.78 is 5.82. The molecule has 1 aliphatic rings. The molecule has 0 spiro atoms. The molecule has 2 N–H and O–H groups in total. The van der Waals surface area contributed by atoms with Gasteiger partial charge in [-0.25, -0.2) is 4.98 Å². The molecule has 2 heterocycles. The number of rotatable bonds is 7. The van der Waals surface area contributed by atoms with E-state index in [1.165, 1.54) is 28.8 Å². The zero-order chi connectivity index (χ0) is 16.1. The van der Waals surface area contributed by atoms with Crippen LogP contribution in [0.1, 0.15) is 28.8 Å². The van der Waals surface area contributed by atoms with E-state index in [-0.39, 0.29) is 0 Å². The van der Waals surface area contributed by atoms with Gasteiger partial charge in [-0.3, -0.25) is 4.90 Å². The van der Waals surface area contributed by atoms with Crippen LogP contribution < -0.4 is 5.73 Å². The van der Waals surface area contributed by atoms with Gasteiger partial charge < -0.3 is 10.5 Å². The first-order chi connectivity index (χ1) is 11.2. The average molecular weight is 331 g/mol. The van der Waals surface area contributed by atoms with Gasteiger partial charge in [0.25, 0.3) is 0 Å². The first-order valence-corrected chi connectivity index (χ1v) is 9.10. The zero-order valence-corrected chi connectivity index (χ0v) is 14.5.